The maximum Gasteiger partial charge on any atom is 0.238 e. The number of hydrogen-bond donors (Lipinski definition) is 1. The van der Waals surface area contributed by atoms with Crippen LogP contribution in [0.25, 0.3) is 0 Å². The van der Waals surface area contributed by atoms with Crippen LogP contribution in [0.5, 0.6) is 0 Å². The van der Waals surface area contributed by atoms with Crippen molar-refractivity contribution in [3.8, 4) is 0 Å². The Morgan fingerprint density at radius 1 is 1.12 bits per heavy atom. The second-order valence-corrected chi connectivity index (χ2v) is 6.93. The molecule has 0 aliphatic heterocycles. The Bertz CT molecular complexity index is 778. The molecule has 2 aromatic carbocycles. The van der Waals surface area contributed by atoms with Gasteiger partial charge >= 0.3 is 0 Å². The van der Waals surface area contributed by atoms with Crippen LogP contribution >= 0.6 is 11.8 Å². The Labute approximate surface area is 151 Å². The molecular weight excluding hydrogens is 332 g/mol. The number of thioether (sulfide) groups is 1. The molecule has 1 aromatic heterocycles. The van der Waals surface area contributed by atoms with E-state index in [1.807, 2.05) is 67.6 Å². The summed E-state index contributed by atoms with van der Waals surface area (Å²) < 4.78 is 1.72. The van der Waals surface area contributed by atoms with E-state index in [-0.39, 0.29) is 17.2 Å². The van der Waals surface area contributed by atoms with Crippen molar-refractivity contribution in [1.82, 2.24) is 20.1 Å². The third-order valence-electron chi connectivity index (χ3n) is 3.65. The Hall–Kier alpha value is -2.60. The van der Waals surface area contributed by atoms with E-state index in [1.165, 1.54) is 6.33 Å². The lowest BCUT2D eigenvalue weighted by Crippen LogP contribution is -2.38. The fraction of sp³-hybridized carbons (Fsp3) is 0.211. The Balaban J connectivity index is 1.72. The van der Waals surface area contributed by atoms with E-state index in [2.05, 4.69) is 15.4 Å². The number of hydrogen-bond acceptors (Lipinski definition) is 4. The molecule has 2 unspecified atom stereocenters. The first-order valence-corrected chi connectivity index (χ1v) is 9.00. The quantitative estimate of drug-likeness (QED) is 0.663. The van der Waals surface area contributed by atoms with E-state index in [0.717, 1.165) is 10.5 Å². The minimum atomic E-state index is -0.304. The van der Waals surface area contributed by atoms with Crippen molar-refractivity contribution in [2.45, 2.75) is 29.7 Å². The standard InChI is InChI=1S/C19H20N4OS/c1-15(12-23-14-20-13-21-23)22-19(24)18(16-8-4-2-5-9-16)25-17-10-6-3-7-11-17/h2-11,13-15,18H,12H2,1H3,(H,22,24). The average molecular weight is 352 g/mol. The molecule has 5 nitrogen and oxygen atoms in total. The smallest absolute Gasteiger partial charge is 0.238 e. The molecule has 0 aliphatic rings. The summed E-state index contributed by atoms with van der Waals surface area (Å²) in [6.07, 6.45) is 3.14. The molecule has 0 saturated carbocycles. The topological polar surface area (TPSA) is 59.8 Å². The van der Waals surface area contributed by atoms with Crippen LogP contribution in [-0.2, 0) is 11.3 Å². The second-order valence-electron chi connectivity index (χ2n) is 5.75. The summed E-state index contributed by atoms with van der Waals surface area (Å²) in [5, 5.41) is 6.87. The molecule has 3 aromatic rings. The van der Waals surface area contributed by atoms with E-state index in [1.54, 1.807) is 22.8 Å². The molecule has 1 N–H and O–H groups in total. The van der Waals surface area contributed by atoms with Gasteiger partial charge in [-0.05, 0) is 24.6 Å². The van der Waals surface area contributed by atoms with Gasteiger partial charge in [-0.2, -0.15) is 5.10 Å². The van der Waals surface area contributed by atoms with Gasteiger partial charge in [0.05, 0.1) is 6.54 Å². The number of carbonyl (C=O) groups excluding carboxylic acids is 1. The lowest BCUT2D eigenvalue weighted by molar-refractivity contribution is -0.121. The van der Waals surface area contributed by atoms with Crippen LogP contribution < -0.4 is 5.32 Å². The van der Waals surface area contributed by atoms with Gasteiger partial charge in [0.15, 0.2) is 0 Å². The summed E-state index contributed by atoms with van der Waals surface area (Å²) in [6, 6.07) is 19.8. The highest BCUT2D eigenvalue weighted by Crippen LogP contribution is 2.35. The summed E-state index contributed by atoms with van der Waals surface area (Å²) in [6.45, 7) is 2.55. The van der Waals surface area contributed by atoms with Crippen molar-refractivity contribution < 1.29 is 4.79 Å². The highest BCUT2D eigenvalue weighted by molar-refractivity contribution is 8.00. The first-order valence-electron chi connectivity index (χ1n) is 8.12. The Morgan fingerprint density at radius 2 is 1.80 bits per heavy atom. The van der Waals surface area contributed by atoms with Crippen LogP contribution in [0.4, 0.5) is 0 Å². The second kappa shape index (κ2) is 8.48. The average Bonchev–Trinajstić information content (AvgIpc) is 3.14. The highest BCUT2D eigenvalue weighted by atomic mass is 32.2. The maximum absolute atomic E-state index is 12.9. The van der Waals surface area contributed by atoms with Crippen molar-refractivity contribution in [2.75, 3.05) is 0 Å². The third-order valence-corrected chi connectivity index (χ3v) is 4.92. The van der Waals surface area contributed by atoms with Crippen molar-refractivity contribution in [3.05, 3.63) is 78.9 Å². The van der Waals surface area contributed by atoms with Crippen molar-refractivity contribution in [1.29, 1.82) is 0 Å². The lowest BCUT2D eigenvalue weighted by atomic mass is 10.1. The van der Waals surface area contributed by atoms with Crippen LogP contribution in [0.3, 0.4) is 0 Å². The molecule has 0 bridgehead atoms. The summed E-state index contributed by atoms with van der Waals surface area (Å²) in [4.78, 5) is 17.9. The number of aromatic nitrogens is 3. The highest BCUT2D eigenvalue weighted by Gasteiger charge is 2.23. The molecule has 2 atom stereocenters. The SMILES string of the molecule is CC(Cn1cncn1)NC(=O)C(Sc1ccccc1)c1ccccc1. The van der Waals surface area contributed by atoms with Gasteiger partial charge in [-0.15, -0.1) is 11.8 Å². The molecule has 0 radical (unpaired) electrons. The number of nitrogens with one attached hydrogen (secondary N) is 1. The summed E-state index contributed by atoms with van der Waals surface area (Å²) in [5.41, 5.74) is 0.988. The number of nitrogens with zero attached hydrogens (tertiary/aromatic N) is 3. The van der Waals surface area contributed by atoms with E-state index >= 15 is 0 Å². The van der Waals surface area contributed by atoms with E-state index in [4.69, 9.17) is 0 Å². The molecular formula is C19H20N4OS. The molecule has 1 heterocycles. The van der Waals surface area contributed by atoms with Crippen LogP contribution in [0, 0.1) is 0 Å². The van der Waals surface area contributed by atoms with Gasteiger partial charge in [-0.25, -0.2) is 4.98 Å². The predicted octanol–water partition coefficient (Wildman–Crippen LogP) is 3.32. The number of carbonyl (C=O) groups is 1. The minimum Gasteiger partial charge on any atom is -0.351 e. The zero-order chi connectivity index (χ0) is 17.5. The Morgan fingerprint density at radius 3 is 2.44 bits per heavy atom. The van der Waals surface area contributed by atoms with Crippen molar-refractivity contribution >= 4 is 17.7 Å². The predicted molar refractivity (Wildman–Crippen MR) is 99.1 cm³/mol. The van der Waals surface area contributed by atoms with Gasteiger partial charge in [0.2, 0.25) is 5.91 Å². The molecule has 0 spiro atoms. The lowest BCUT2D eigenvalue weighted by Gasteiger charge is -2.20. The maximum atomic E-state index is 12.9. The first-order chi connectivity index (χ1) is 12.2. The van der Waals surface area contributed by atoms with Gasteiger partial charge in [0.25, 0.3) is 0 Å². The van der Waals surface area contributed by atoms with Gasteiger partial charge in [-0.1, -0.05) is 48.5 Å². The van der Waals surface area contributed by atoms with Crippen LogP contribution in [0.1, 0.15) is 17.7 Å². The Kier molecular flexibility index (Phi) is 5.85. The monoisotopic (exact) mass is 352 g/mol. The molecule has 128 valence electrons. The minimum absolute atomic E-state index is 0.00679. The molecule has 1 amide bonds. The molecule has 0 fully saturated rings. The normalized spacial score (nSPS) is 13.2. The molecule has 6 heteroatoms. The summed E-state index contributed by atoms with van der Waals surface area (Å²) >= 11 is 1.55. The number of rotatable bonds is 7. The van der Waals surface area contributed by atoms with Crippen LogP contribution in [0.15, 0.2) is 78.2 Å². The first kappa shape index (κ1) is 17.2. The zero-order valence-electron chi connectivity index (χ0n) is 13.9. The summed E-state index contributed by atoms with van der Waals surface area (Å²) in [7, 11) is 0. The molecule has 0 aliphatic carbocycles. The van der Waals surface area contributed by atoms with E-state index in [0.29, 0.717) is 6.54 Å². The van der Waals surface area contributed by atoms with Crippen molar-refractivity contribution in [2.24, 2.45) is 0 Å². The van der Waals surface area contributed by atoms with Gasteiger partial charge in [0.1, 0.15) is 17.9 Å². The molecule has 3 rings (SSSR count). The van der Waals surface area contributed by atoms with Crippen molar-refractivity contribution in [3.63, 3.8) is 0 Å². The fourth-order valence-electron chi connectivity index (χ4n) is 2.51. The number of benzene rings is 2. The molecule has 25 heavy (non-hydrogen) atoms. The van der Waals surface area contributed by atoms with Crippen LogP contribution in [-0.4, -0.2) is 26.7 Å². The summed E-state index contributed by atoms with van der Waals surface area (Å²) in [5.74, 6) is -0.00679. The largest absolute Gasteiger partial charge is 0.351 e. The fourth-order valence-corrected chi connectivity index (χ4v) is 3.56. The van der Waals surface area contributed by atoms with Crippen LogP contribution in [0.2, 0.25) is 0 Å². The van der Waals surface area contributed by atoms with Gasteiger partial charge in [-0.3, -0.25) is 9.48 Å². The third kappa shape index (κ3) is 4.93. The van der Waals surface area contributed by atoms with E-state index in [9.17, 15) is 4.79 Å². The number of amides is 1. The zero-order valence-corrected chi connectivity index (χ0v) is 14.8. The van der Waals surface area contributed by atoms with Gasteiger partial charge in [0, 0.05) is 10.9 Å². The molecule has 0 saturated heterocycles. The van der Waals surface area contributed by atoms with Gasteiger partial charge < -0.3 is 5.32 Å². The van der Waals surface area contributed by atoms with E-state index < -0.39 is 0 Å².